The third kappa shape index (κ3) is 3.32. The van der Waals surface area contributed by atoms with Crippen LogP contribution in [0.15, 0.2) is 23.6 Å². The quantitative estimate of drug-likeness (QED) is 0.898. The van der Waals surface area contributed by atoms with Crippen LogP contribution in [0.2, 0.25) is 5.02 Å². The molecule has 2 rings (SSSR count). The Morgan fingerprint density at radius 3 is 2.65 bits per heavy atom. The number of hydrogen-bond acceptors (Lipinski definition) is 4. The number of ether oxygens (including phenoxy) is 1. The maximum absolute atomic E-state index is 6.40. The summed E-state index contributed by atoms with van der Waals surface area (Å²) >= 11 is 8.03. The van der Waals surface area contributed by atoms with Gasteiger partial charge in [0.25, 0.3) is 0 Å². The molecule has 0 aliphatic carbocycles. The number of thiazole rings is 1. The van der Waals surface area contributed by atoms with Gasteiger partial charge in [-0.25, -0.2) is 4.98 Å². The summed E-state index contributed by atoms with van der Waals surface area (Å²) in [5.41, 5.74) is 1.96. The molecule has 0 saturated heterocycles. The van der Waals surface area contributed by atoms with Crippen LogP contribution in [0.4, 0.5) is 0 Å². The van der Waals surface area contributed by atoms with E-state index in [9.17, 15) is 0 Å². The summed E-state index contributed by atoms with van der Waals surface area (Å²) in [6.07, 6.45) is 0. The first-order valence-electron chi connectivity index (χ1n) is 6.53. The molecule has 0 saturated carbocycles. The lowest BCUT2D eigenvalue weighted by atomic mass is 10.0. The molecule has 1 N–H and O–H groups in total. The predicted molar refractivity (Wildman–Crippen MR) is 85.0 cm³/mol. The van der Waals surface area contributed by atoms with Crippen molar-refractivity contribution in [2.45, 2.75) is 32.9 Å². The number of aromatic nitrogens is 1. The molecule has 0 bridgehead atoms. The average Bonchev–Trinajstić information content (AvgIpc) is 2.82. The van der Waals surface area contributed by atoms with Crippen molar-refractivity contribution in [2.75, 3.05) is 7.11 Å². The number of benzene rings is 1. The van der Waals surface area contributed by atoms with E-state index in [1.165, 1.54) is 0 Å². The minimum Gasteiger partial charge on any atom is -0.496 e. The smallest absolute Gasteiger partial charge is 0.125 e. The van der Waals surface area contributed by atoms with Gasteiger partial charge in [-0.1, -0.05) is 17.7 Å². The van der Waals surface area contributed by atoms with E-state index < -0.39 is 0 Å². The van der Waals surface area contributed by atoms with Gasteiger partial charge in [0.05, 0.1) is 13.2 Å². The third-order valence-electron chi connectivity index (χ3n) is 2.91. The lowest BCUT2D eigenvalue weighted by molar-refractivity contribution is 0.401. The molecule has 108 valence electrons. The molecule has 0 aliphatic heterocycles. The van der Waals surface area contributed by atoms with Crippen molar-refractivity contribution in [1.29, 1.82) is 0 Å². The van der Waals surface area contributed by atoms with Crippen LogP contribution in [0.1, 0.15) is 36.2 Å². The molecule has 5 heteroatoms. The van der Waals surface area contributed by atoms with Crippen molar-refractivity contribution in [3.05, 3.63) is 44.9 Å². The molecule has 1 atom stereocenters. The van der Waals surface area contributed by atoms with Crippen LogP contribution in [0.25, 0.3) is 0 Å². The fourth-order valence-electron chi connectivity index (χ4n) is 2.09. The van der Waals surface area contributed by atoms with Crippen molar-refractivity contribution < 1.29 is 4.74 Å². The molecule has 1 aromatic carbocycles. The molecule has 0 spiro atoms. The number of methoxy groups -OCH3 is 1. The lowest BCUT2D eigenvalue weighted by Gasteiger charge is -2.22. The number of halogens is 1. The number of rotatable bonds is 5. The lowest BCUT2D eigenvalue weighted by Crippen LogP contribution is -2.29. The van der Waals surface area contributed by atoms with E-state index in [2.05, 4.69) is 24.1 Å². The fraction of sp³-hybridized carbons (Fsp3) is 0.400. The molecular weight excluding hydrogens is 292 g/mol. The maximum Gasteiger partial charge on any atom is 0.125 e. The molecule has 2 aromatic rings. The molecule has 20 heavy (non-hydrogen) atoms. The van der Waals surface area contributed by atoms with Crippen LogP contribution in [0, 0.1) is 6.92 Å². The van der Waals surface area contributed by atoms with Crippen LogP contribution >= 0.6 is 22.9 Å². The minimum absolute atomic E-state index is 0.0580. The Bertz CT molecular complexity index is 583. The fourth-order valence-corrected chi connectivity index (χ4v) is 3.23. The van der Waals surface area contributed by atoms with Crippen molar-refractivity contribution in [3.63, 3.8) is 0 Å². The van der Waals surface area contributed by atoms with Gasteiger partial charge in [0.1, 0.15) is 10.8 Å². The zero-order valence-corrected chi connectivity index (χ0v) is 13.7. The SMILES string of the molecule is COc1cccc(Cl)c1C(NC(C)C)c1nc(C)cs1. The van der Waals surface area contributed by atoms with Gasteiger partial charge >= 0.3 is 0 Å². The van der Waals surface area contributed by atoms with Crippen LogP contribution in [-0.2, 0) is 0 Å². The Hall–Kier alpha value is -1.10. The topological polar surface area (TPSA) is 34.1 Å². The number of aryl methyl sites for hydroxylation is 1. The van der Waals surface area contributed by atoms with Crippen LogP contribution in [0.3, 0.4) is 0 Å². The Kier molecular flexibility index (Phi) is 5.02. The van der Waals surface area contributed by atoms with Gasteiger partial charge in [0.15, 0.2) is 0 Å². The van der Waals surface area contributed by atoms with Gasteiger partial charge in [0.2, 0.25) is 0 Å². The van der Waals surface area contributed by atoms with Crippen LogP contribution in [-0.4, -0.2) is 18.1 Å². The van der Waals surface area contributed by atoms with E-state index in [4.69, 9.17) is 16.3 Å². The summed E-state index contributed by atoms with van der Waals surface area (Å²) in [6, 6.07) is 5.96. The van der Waals surface area contributed by atoms with Gasteiger partial charge < -0.3 is 10.1 Å². The number of hydrogen-bond donors (Lipinski definition) is 1. The Morgan fingerprint density at radius 1 is 1.35 bits per heavy atom. The van der Waals surface area contributed by atoms with E-state index in [1.807, 2.05) is 30.5 Å². The predicted octanol–water partition coefficient (Wildman–Crippen LogP) is 4.20. The van der Waals surface area contributed by atoms with E-state index in [-0.39, 0.29) is 6.04 Å². The molecule has 0 aliphatic rings. The van der Waals surface area contributed by atoms with Crippen LogP contribution < -0.4 is 10.1 Å². The van der Waals surface area contributed by atoms with Crippen LogP contribution in [0.5, 0.6) is 5.75 Å². The second-order valence-corrected chi connectivity index (χ2v) is 6.23. The molecular formula is C15H19ClN2OS. The highest BCUT2D eigenvalue weighted by molar-refractivity contribution is 7.09. The summed E-state index contributed by atoms with van der Waals surface area (Å²) in [4.78, 5) is 4.60. The maximum atomic E-state index is 6.40. The van der Waals surface area contributed by atoms with Crippen molar-refractivity contribution in [3.8, 4) is 5.75 Å². The second kappa shape index (κ2) is 6.57. The van der Waals surface area contributed by atoms with Gasteiger partial charge in [0, 0.05) is 27.7 Å². The van der Waals surface area contributed by atoms with E-state index in [0.29, 0.717) is 11.1 Å². The zero-order valence-electron chi connectivity index (χ0n) is 12.1. The van der Waals surface area contributed by atoms with Gasteiger partial charge in [-0.3, -0.25) is 0 Å². The zero-order chi connectivity index (χ0) is 14.7. The Balaban J connectivity index is 2.51. The summed E-state index contributed by atoms with van der Waals surface area (Å²) in [6.45, 7) is 6.21. The Morgan fingerprint density at radius 2 is 2.10 bits per heavy atom. The summed E-state index contributed by atoms with van der Waals surface area (Å²) in [7, 11) is 1.66. The Labute approximate surface area is 129 Å². The van der Waals surface area contributed by atoms with Gasteiger partial charge in [-0.2, -0.15) is 0 Å². The summed E-state index contributed by atoms with van der Waals surface area (Å²) in [5, 5.41) is 7.27. The minimum atomic E-state index is -0.0580. The van der Waals surface area contributed by atoms with E-state index >= 15 is 0 Å². The molecule has 0 fully saturated rings. The molecule has 1 unspecified atom stereocenters. The first kappa shape index (κ1) is 15.3. The first-order chi connectivity index (χ1) is 9.52. The van der Waals surface area contributed by atoms with Gasteiger partial charge in [-0.15, -0.1) is 11.3 Å². The summed E-state index contributed by atoms with van der Waals surface area (Å²) in [5.74, 6) is 0.781. The summed E-state index contributed by atoms with van der Waals surface area (Å²) < 4.78 is 5.47. The van der Waals surface area contributed by atoms with E-state index in [0.717, 1.165) is 22.0 Å². The first-order valence-corrected chi connectivity index (χ1v) is 7.79. The normalized spacial score (nSPS) is 12.7. The average molecular weight is 311 g/mol. The van der Waals surface area contributed by atoms with Crippen molar-refractivity contribution in [1.82, 2.24) is 10.3 Å². The highest BCUT2D eigenvalue weighted by Crippen LogP contribution is 2.37. The number of nitrogens with one attached hydrogen (secondary N) is 1. The molecule has 0 radical (unpaired) electrons. The third-order valence-corrected chi connectivity index (χ3v) is 4.26. The molecule has 0 amide bonds. The molecule has 3 nitrogen and oxygen atoms in total. The standard InChI is InChI=1S/C15H19ClN2OS/c1-9(2)17-14(15-18-10(3)8-20-15)13-11(16)6-5-7-12(13)19-4/h5-9,14,17H,1-4H3. The molecule has 1 aromatic heterocycles. The largest absolute Gasteiger partial charge is 0.496 e. The highest BCUT2D eigenvalue weighted by Gasteiger charge is 2.24. The monoisotopic (exact) mass is 310 g/mol. The van der Waals surface area contributed by atoms with Crippen molar-refractivity contribution >= 4 is 22.9 Å². The van der Waals surface area contributed by atoms with E-state index in [1.54, 1.807) is 18.4 Å². The highest BCUT2D eigenvalue weighted by atomic mass is 35.5. The second-order valence-electron chi connectivity index (χ2n) is 4.94. The number of nitrogens with zero attached hydrogens (tertiary/aromatic N) is 1. The van der Waals surface area contributed by atoms with Crippen molar-refractivity contribution in [2.24, 2.45) is 0 Å². The molecule has 1 heterocycles. The van der Waals surface area contributed by atoms with Gasteiger partial charge in [-0.05, 0) is 32.9 Å².